The first kappa shape index (κ1) is 24.8. The Morgan fingerprint density at radius 3 is 1.82 bits per heavy atom. The lowest BCUT2D eigenvalue weighted by Crippen LogP contribution is -2.35. The minimum atomic E-state index is -0.482. The van der Waals surface area contributed by atoms with Crippen molar-refractivity contribution >= 4 is 21.8 Å². The highest BCUT2D eigenvalue weighted by Crippen LogP contribution is 2.54. The van der Waals surface area contributed by atoms with E-state index in [1.54, 1.807) is 0 Å². The second kappa shape index (κ2) is 9.65. The average molecular weight is 561 g/mol. The van der Waals surface area contributed by atoms with Gasteiger partial charge in [0.2, 0.25) is 0 Å². The van der Waals surface area contributed by atoms with Crippen molar-refractivity contribution in [1.82, 2.24) is 9.55 Å². The number of hydrogen-bond acceptors (Lipinski definition) is 1. The summed E-state index contributed by atoms with van der Waals surface area (Å²) in [7, 11) is 0. The summed E-state index contributed by atoms with van der Waals surface area (Å²) >= 11 is 0. The van der Waals surface area contributed by atoms with Gasteiger partial charge in [0.05, 0.1) is 22.1 Å². The maximum absolute atomic E-state index is 4.28. The van der Waals surface area contributed by atoms with Gasteiger partial charge in [0.15, 0.2) is 0 Å². The van der Waals surface area contributed by atoms with Crippen LogP contribution < -0.4 is 0 Å². The molecule has 0 N–H and O–H groups in total. The number of rotatable bonds is 4. The third kappa shape index (κ3) is 3.46. The molecule has 1 unspecified atom stereocenters. The van der Waals surface area contributed by atoms with Gasteiger partial charge in [-0.15, -0.1) is 0 Å². The molecule has 0 saturated carbocycles. The van der Waals surface area contributed by atoms with Gasteiger partial charge in [-0.3, -0.25) is 4.98 Å². The van der Waals surface area contributed by atoms with E-state index in [0.717, 1.165) is 5.56 Å². The summed E-state index contributed by atoms with van der Waals surface area (Å²) in [6.07, 6.45) is 3.72. The normalized spacial score (nSPS) is 15.4. The minimum absolute atomic E-state index is 0.482. The molecule has 8 aromatic rings. The van der Waals surface area contributed by atoms with E-state index in [9.17, 15) is 0 Å². The Hall–Kier alpha value is -5.73. The molecule has 2 aromatic heterocycles. The molecule has 0 amide bonds. The molecule has 1 aliphatic rings. The Morgan fingerprint density at radius 1 is 0.432 bits per heavy atom. The summed E-state index contributed by atoms with van der Waals surface area (Å²) in [4.78, 5) is 4.28. The zero-order valence-corrected chi connectivity index (χ0v) is 24.1. The van der Waals surface area contributed by atoms with Crippen LogP contribution in [0.15, 0.2) is 170 Å². The van der Waals surface area contributed by atoms with Gasteiger partial charge in [0, 0.05) is 23.2 Å². The van der Waals surface area contributed by atoms with Gasteiger partial charge in [-0.25, -0.2) is 0 Å². The van der Waals surface area contributed by atoms with Crippen molar-refractivity contribution in [2.24, 2.45) is 0 Å². The quantitative estimate of drug-likeness (QED) is 0.209. The molecule has 0 fully saturated rings. The van der Waals surface area contributed by atoms with Gasteiger partial charge in [-0.05, 0) is 62.7 Å². The first-order chi connectivity index (χ1) is 21.8. The van der Waals surface area contributed by atoms with Crippen molar-refractivity contribution in [1.29, 1.82) is 0 Å². The van der Waals surface area contributed by atoms with Crippen LogP contribution in [0.5, 0.6) is 0 Å². The fourth-order valence-electron chi connectivity index (χ4n) is 7.48. The highest BCUT2D eigenvalue weighted by Gasteiger charge is 2.45. The molecule has 0 bridgehead atoms. The topological polar surface area (TPSA) is 17.8 Å². The predicted molar refractivity (Wildman–Crippen MR) is 181 cm³/mol. The van der Waals surface area contributed by atoms with Gasteiger partial charge in [0.1, 0.15) is 0 Å². The van der Waals surface area contributed by atoms with Crippen LogP contribution in [-0.2, 0) is 5.41 Å². The Morgan fingerprint density at radius 2 is 1.05 bits per heavy atom. The monoisotopic (exact) mass is 560 g/mol. The van der Waals surface area contributed by atoms with Gasteiger partial charge in [0.25, 0.3) is 0 Å². The molecular weight excluding hydrogens is 532 g/mol. The van der Waals surface area contributed by atoms with Gasteiger partial charge >= 0.3 is 0 Å². The van der Waals surface area contributed by atoms with Crippen molar-refractivity contribution in [2.75, 3.05) is 0 Å². The highest BCUT2D eigenvalue weighted by molar-refractivity contribution is 6.12. The fraction of sp³-hybridized carbons (Fsp3) is 0.0238. The molecule has 0 saturated heterocycles. The van der Waals surface area contributed by atoms with Crippen LogP contribution in [0.2, 0.25) is 0 Å². The smallest absolute Gasteiger partial charge is 0.0742 e. The SMILES string of the molecule is c1ccc(C2(c3ccc(-c4ccc(-c5cccnc5)cc4)cc3)c3ccccc3-n3c4ccccc4c4cccc2c43)cc1. The fourth-order valence-corrected chi connectivity index (χ4v) is 7.48. The van der Waals surface area contributed by atoms with E-state index in [1.165, 1.54) is 66.4 Å². The maximum Gasteiger partial charge on any atom is 0.0742 e. The molecule has 44 heavy (non-hydrogen) atoms. The number of benzene rings is 6. The van der Waals surface area contributed by atoms with E-state index < -0.39 is 5.41 Å². The number of pyridine rings is 1. The minimum Gasteiger partial charge on any atom is -0.309 e. The van der Waals surface area contributed by atoms with Crippen molar-refractivity contribution in [3.05, 3.63) is 192 Å². The van der Waals surface area contributed by atoms with E-state index in [2.05, 4.69) is 161 Å². The first-order valence-corrected chi connectivity index (χ1v) is 15.1. The first-order valence-electron chi connectivity index (χ1n) is 15.1. The largest absolute Gasteiger partial charge is 0.309 e. The number of aromatic nitrogens is 2. The second-order valence-corrected chi connectivity index (χ2v) is 11.6. The lowest BCUT2D eigenvalue weighted by Gasteiger charge is -2.41. The molecule has 0 radical (unpaired) electrons. The third-order valence-electron chi connectivity index (χ3n) is 9.39. The summed E-state index contributed by atoms with van der Waals surface area (Å²) in [6, 6.07) is 57.7. The van der Waals surface area contributed by atoms with E-state index in [-0.39, 0.29) is 0 Å². The molecule has 0 aliphatic carbocycles. The maximum atomic E-state index is 4.28. The second-order valence-electron chi connectivity index (χ2n) is 11.6. The molecular formula is C42H28N2. The number of para-hydroxylation sites is 3. The Bertz CT molecular complexity index is 2300. The molecule has 3 heterocycles. The molecule has 0 spiro atoms. The molecule has 1 atom stereocenters. The standard InChI is InChI=1S/C42H28N2/c1-2-11-33(12-3-1)42(34-25-23-30(24-26-34)29-19-21-31(22-20-29)32-10-9-27-43-28-32)37-15-5-7-18-40(37)44-39-17-6-4-13-35(39)36-14-8-16-38(42)41(36)44/h1-28H. The predicted octanol–water partition coefficient (Wildman–Crippen LogP) is 10.2. The van der Waals surface area contributed by atoms with Crippen LogP contribution in [-0.4, -0.2) is 9.55 Å². The van der Waals surface area contributed by atoms with E-state index in [1.807, 2.05) is 18.5 Å². The van der Waals surface area contributed by atoms with E-state index in [0.29, 0.717) is 0 Å². The van der Waals surface area contributed by atoms with E-state index in [4.69, 9.17) is 0 Å². The van der Waals surface area contributed by atoms with Crippen LogP contribution in [0.1, 0.15) is 22.3 Å². The third-order valence-corrected chi connectivity index (χ3v) is 9.39. The lowest BCUT2D eigenvalue weighted by molar-refractivity contribution is 0.728. The number of fused-ring (bicyclic) bond motifs is 5. The van der Waals surface area contributed by atoms with Crippen LogP contribution in [0.3, 0.4) is 0 Å². The van der Waals surface area contributed by atoms with Gasteiger partial charge < -0.3 is 4.57 Å². The Kier molecular flexibility index (Phi) is 5.45. The van der Waals surface area contributed by atoms with Crippen molar-refractivity contribution in [3.8, 4) is 27.9 Å². The van der Waals surface area contributed by atoms with Crippen molar-refractivity contribution < 1.29 is 0 Å². The van der Waals surface area contributed by atoms with Crippen LogP contribution in [0, 0.1) is 0 Å². The Balaban J connectivity index is 1.29. The molecule has 2 nitrogen and oxygen atoms in total. The number of hydrogen-bond donors (Lipinski definition) is 0. The summed E-state index contributed by atoms with van der Waals surface area (Å²) in [5.41, 5.74) is 13.1. The van der Waals surface area contributed by atoms with E-state index >= 15 is 0 Å². The van der Waals surface area contributed by atoms with Crippen molar-refractivity contribution in [3.63, 3.8) is 0 Å². The summed E-state index contributed by atoms with van der Waals surface area (Å²) in [5.74, 6) is 0. The summed E-state index contributed by atoms with van der Waals surface area (Å²) in [6.45, 7) is 0. The van der Waals surface area contributed by atoms with Crippen LogP contribution in [0.25, 0.3) is 49.7 Å². The summed E-state index contributed by atoms with van der Waals surface area (Å²) in [5, 5.41) is 2.58. The van der Waals surface area contributed by atoms with Gasteiger partial charge in [-0.1, -0.05) is 140 Å². The van der Waals surface area contributed by atoms with Crippen LogP contribution >= 0.6 is 0 Å². The molecule has 9 rings (SSSR count). The highest BCUT2D eigenvalue weighted by atomic mass is 15.0. The Labute approximate surface area is 256 Å². The zero-order chi connectivity index (χ0) is 29.1. The zero-order valence-electron chi connectivity index (χ0n) is 24.1. The molecule has 206 valence electrons. The number of nitrogens with zero attached hydrogens (tertiary/aromatic N) is 2. The van der Waals surface area contributed by atoms with Crippen LogP contribution in [0.4, 0.5) is 0 Å². The van der Waals surface area contributed by atoms with Crippen molar-refractivity contribution in [2.45, 2.75) is 5.41 Å². The molecule has 1 aliphatic heterocycles. The average Bonchev–Trinajstić information content (AvgIpc) is 3.45. The molecule has 6 aromatic carbocycles. The molecule has 2 heteroatoms. The summed E-state index contributed by atoms with van der Waals surface area (Å²) < 4.78 is 2.48. The van der Waals surface area contributed by atoms with Gasteiger partial charge in [-0.2, -0.15) is 0 Å². The lowest BCUT2D eigenvalue weighted by atomic mass is 9.63.